The van der Waals surface area contributed by atoms with Crippen LogP contribution < -0.4 is 10.2 Å². The van der Waals surface area contributed by atoms with E-state index in [0.29, 0.717) is 48.5 Å². The Morgan fingerprint density at radius 1 is 1.06 bits per heavy atom. The number of halogens is 5. The molecule has 0 fully saturated rings. The maximum Gasteiger partial charge on any atom is 0.453 e. The van der Waals surface area contributed by atoms with Crippen LogP contribution in [-0.2, 0) is 6.42 Å². The number of phenols is 1. The van der Waals surface area contributed by atoms with Crippen LogP contribution in [-0.4, -0.2) is 57.1 Å². The fraction of sp³-hybridized carbons (Fsp3) is 0.400. The number of allylic oxidation sites excluding steroid dienone is 3. The summed E-state index contributed by atoms with van der Waals surface area (Å²) in [5, 5.41) is 29.4. The quantitative estimate of drug-likeness (QED) is 0.0390. The average molecular weight is 713 g/mol. The van der Waals surface area contributed by atoms with Crippen LogP contribution in [0.15, 0.2) is 74.8 Å². The number of hydrogen-bond acceptors (Lipinski definition) is 8. The molecule has 49 heavy (non-hydrogen) atoms. The van der Waals surface area contributed by atoms with Gasteiger partial charge in [0.2, 0.25) is 5.76 Å². The summed E-state index contributed by atoms with van der Waals surface area (Å²) >= 11 is 0.911. The lowest BCUT2D eigenvalue weighted by Gasteiger charge is -2.24. The normalized spacial score (nSPS) is 13.7. The largest absolute Gasteiger partial charge is 0.507 e. The van der Waals surface area contributed by atoms with Crippen molar-refractivity contribution in [1.29, 1.82) is 0 Å². The van der Waals surface area contributed by atoms with Gasteiger partial charge in [-0.2, -0.15) is 22.0 Å². The van der Waals surface area contributed by atoms with Gasteiger partial charge in [-0.05, 0) is 69.4 Å². The number of ether oxygens (including phenoxy) is 1. The van der Waals surface area contributed by atoms with Crippen molar-refractivity contribution in [2.75, 3.05) is 6.61 Å². The van der Waals surface area contributed by atoms with Gasteiger partial charge in [-0.25, -0.2) is 4.79 Å². The highest BCUT2D eigenvalue weighted by molar-refractivity contribution is 8.00. The van der Waals surface area contributed by atoms with E-state index in [0.717, 1.165) is 24.2 Å². The minimum Gasteiger partial charge on any atom is -0.507 e. The number of carboxylic acid groups (broad SMARTS) is 1. The first-order chi connectivity index (χ1) is 23.1. The molecular weight excluding hydrogens is 675 g/mol. The number of aromatic hydroxyl groups is 1. The highest BCUT2D eigenvalue weighted by atomic mass is 32.2. The van der Waals surface area contributed by atoms with E-state index in [9.17, 15) is 51.7 Å². The fourth-order valence-corrected chi connectivity index (χ4v) is 5.87. The molecule has 3 aromatic rings. The van der Waals surface area contributed by atoms with E-state index < -0.39 is 53.5 Å². The summed E-state index contributed by atoms with van der Waals surface area (Å²) in [6.45, 7) is 3.68. The SMILES string of the molecule is CCCc1c(OCCCC/C=C\C=C\[C@H](Sc2ccc3c(=O)cc(C(=O)O)oc3c2)[C@H](O)CCC(F)(F)C(F)(F)F)ccc(C(C)=O)c1O. The lowest BCUT2D eigenvalue weighted by Crippen LogP contribution is -2.37. The number of hydrogen-bond donors (Lipinski definition) is 3. The standard InChI is InChI=1S/C35H37F5O8S/c1-3-10-25-28(15-14-23(21(2)41)32(25)44)47-18-9-7-5-4-6-8-11-31(26(42)16-17-34(36,37)35(38,39)40)49-22-12-13-24-27(43)20-30(33(45)46)48-29(24)19-22/h4,6,8,11-15,19-20,26,31,42,44H,3,5,7,9-10,16-18H2,1-2H3,(H,45,46)/b6-4-,11-8+/t26-,31+/m1/s1. The molecule has 0 aliphatic heterocycles. The molecule has 0 aliphatic carbocycles. The monoisotopic (exact) mass is 712 g/mol. The summed E-state index contributed by atoms with van der Waals surface area (Å²) in [5.74, 6) is -6.88. The van der Waals surface area contributed by atoms with Crippen LogP contribution in [0.2, 0.25) is 0 Å². The van der Waals surface area contributed by atoms with Crippen LogP contribution in [0.1, 0.15) is 78.8 Å². The summed E-state index contributed by atoms with van der Waals surface area (Å²) in [7, 11) is 0. The lowest BCUT2D eigenvalue weighted by molar-refractivity contribution is -0.285. The number of unbranched alkanes of at least 4 members (excludes halogenated alkanes) is 2. The number of thioether (sulfide) groups is 1. The Kier molecular flexibility index (Phi) is 14.0. The molecule has 0 spiro atoms. The van der Waals surface area contributed by atoms with Gasteiger partial charge < -0.3 is 24.5 Å². The topological polar surface area (TPSA) is 134 Å². The molecule has 3 N–H and O–H groups in total. The maximum absolute atomic E-state index is 13.6. The van der Waals surface area contributed by atoms with Gasteiger partial charge in [-0.1, -0.05) is 37.6 Å². The number of aliphatic hydroxyl groups excluding tert-OH is 1. The molecule has 0 bridgehead atoms. The molecule has 0 radical (unpaired) electrons. The number of fused-ring (bicyclic) bond motifs is 1. The molecule has 8 nitrogen and oxygen atoms in total. The minimum absolute atomic E-state index is 0.0724. The summed E-state index contributed by atoms with van der Waals surface area (Å²) in [6.07, 6.45) is -0.232. The molecule has 2 aromatic carbocycles. The molecule has 0 unspecified atom stereocenters. The van der Waals surface area contributed by atoms with Crippen LogP contribution >= 0.6 is 11.8 Å². The third-order valence-electron chi connectivity index (χ3n) is 7.42. The van der Waals surface area contributed by atoms with Gasteiger partial charge in [0.05, 0.1) is 28.9 Å². The number of alkyl halides is 5. The van der Waals surface area contributed by atoms with Crippen molar-refractivity contribution >= 4 is 34.5 Å². The van der Waals surface area contributed by atoms with Crippen molar-refractivity contribution in [2.45, 2.75) is 87.1 Å². The number of aromatic carboxylic acids is 1. The van der Waals surface area contributed by atoms with Crippen molar-refractivity contribution in [3.8, 4) is 11.5 Å². The molecule has 2 atom stereocenters. The number of ketones is 1. The molecule has 14 heteroatoms. The lowest BCUT2D eigenvalue weighted by atomic mass is 10.0. The second kappa shape index (κ2) is 17.5. The molecule has 1 heterocycles. The van der Waals surface area contributed by atoms with E-state index in [4.69, 9.17) is 9.15 Å². The van der Waals surface area contributed by atoms with Crippen molar-refractivity contribution in [3.63, 3.8) is 0 Å². The molecule has 1 aromatic heterocycles. The third-order valence-corrected chi connectivity index (χ3v) is 8.69. The predicted molar refractivity (Wildman–Crippen MR) is 175 cm³/mol. The van der Waals surface area contributed by atoms with Crippen molar-refractivity contribution in [3.05, 3.63) is 87.8 Å². The number of carbonyl (C=O) groups is 2. The van der Waals surface area contributed by atoms with Gasteiger partial charge in [0.15, 0.2) is 11.2 Å². The zero-order valence-electron chi connectivity index (χ0n) is 26.8. The Bertz CT molecular complexity index is 1730. The molecule has 0 saturated carbocycles. The van der Waals surface area contributed by atoms with E-state index in [1.165, 1.54) is 43.3 Å². The zero-order chi connectivity index (χ0) is 36.4. The van der Waals surface area contributed by atoms with Crippen LogP contribution in [0.25, 0.3) is 11.0 Å². The smallest absolute Gasteiger partial charge is 0.453 e. The highest BCUT2D eigenvalue weighted by Gasteiger charge is 2.56. The van der Waals surface area contributed by atoms with Gasteiger partial charge in [0.1, 0.15) is 17.1 Å². The van der Waals surface area contributed by atoms with Crippen molar-refractivity contribution in [1.82, 2.24) is 0 Å². The van der Waals surface area contributed by atoms with E-state index in [1.807, 2.05) is 6.92 Å². The Hall–Kier alpha value is -4.17. The Balaban J connectivity index is 1.65. The summed E-state index contributed by atoms with van der Waals surface area (Å²) < 4.78 is 76.5. The summed E-state index contributed by atoms with van der Waals surface area (Å²) in [5.41, 5.74) is 0.129. The number of carbonyl (C=O) groups excluding carboxylic acids is 1. The zero-order valence-corrected chi connectivity index (χ0v) is 27.6. The molecule has 0 aliphatic rings. The molecule has 0 amide bonds. The van der Waals surface area contributed by atoms with Crippen LogP contribution in [0.3, 0.4) is 0 Å². The number of benzene rings is 2. The first kappa shape index (κ1) is 39.3. The average Bonchev–Trinajstić information content (AvgIpc) is 3.02. The number of rotatable bonds is 18. The Morgan fingerprint density at radius 2 is 1.80 bits per heavy atom. The van der Waals surface area contributed by atoms with Gasteiger partial charge in [0, 0.05) is 22.9 Å². The maximum atomic E-state index is 13.6. The van der Waals surface area contributed by atoms with Gasteiger partial charge >= 0.3 is 18.1 Å². The van der Waals surface area contributed by atoms with Crippen LogP contribution in [0.5, 0.6) is 11.5 Å². The van der Waals surface area contributed by atoms with E-state index >= 15 is 0 Å². The second-order valence-corrected chi connectivity index (χ2v) is 12.5. The van der Waals surface area contributed by atoms with E-state index in [2.05, 4.69) is 0 Å². The van der Waals surface area contributed by atoms with Crippen molar-refractivity contribution in [2.24, 2.45) is 0 Å². The number of Topliss-reactive ketones (excluding diaryl/α,β-unsaturated/α-hetero) is 1. The van der Waals surface area contributed by atoms with Crippen LogP contribution in [0, 0.1) is 0 Å². The minimum atomic E-state index is -5.77. The van der Waals surface area contributed by atoms with E-state index in [-0.39, 0.29) is 28.1 Å². The number of aliphatic hydroxyl groups is 1. The molecule has 266 valence electrons. The van der Waals surface area contributed by atoms with Gasteiger partial charge in [-0.3, -0.25) is 9.59 Å². The highest BCUT2D eigenvalue weighted by Crippen LogP contribution is 2.40. The Morgan fingerprint density at radius 3 is 2.45 bits per heavy atom. The summed E-state index contributed by atoms with van der Waals surface area (Å²) in [6, 6.07) is 8.16. The van der Waals surface area contributed by atoms with Crippen molar-refractivity contribution < 1.29 is 56.0 Å². The predicted octanol–water partition coefficient (Wildman–Crippen LogP) is 8.51. The Labute approximate surface area is 283 Å². The summed E-state index contributed by atoms with van der Waals surface area (Å²) in [4.78, 5) is 35.7. The number of carboxylic acids is 1. The molecular formula is C35H37F5O8S. The third kappa shape index (κ3) is 10.9. The second-order valence-electron chi connectivity index (χ2n) is 11.2. The van der Waals surface area contributed by atoms with E-state index in [1.54, 1.807) is 18.2 Å². The fourth-order valence-electron chi connectivity index (χ4n) is 4.78. The molecule has 3 rings (SSSR count). The van der Waals surface area contributed by atoms with Crippen LogP contribution in [0.4, 0.5) is 22.0 Å². The number of phenolic OH excluding ortho intramolecular Hbond substituents is 1. The van der Waals surface area contributed by atoms with Gasteiger partial charge in [0.25, 0.3) is 0 Å². The first-order valence-corrected chi connectivity index (χ1v) is 16.4. The van der Waals surface area contributed by atoms with Gasteiger partial charge in [-0.15, -0.1) is 11.8 Å². The molecule has 0 saturated heterocycles. The first-order valence-electron chi connectivity index (χ1n) is 15.5.